The lowest BCUT2D eigenvalue weighted by molar-refractivity contribution is -0.137. The van der Waals surface area contributed by atoms with Crippen LogP contribution in [0.3, 0.4) is 0 Å². The van der Waals surface area contributed by atoms with Crippen molar-refractivity contribution in [1.29, 1.82) is 0 Å². The number of alkyl halides is 3. The van der Waals surface area contributed by atoms with Crippen molar-refractivity contribution in [3.8, 4) is 0 Å². The predicted octanol–water partition coefficient (Wildman–Crippen LogP) is 3.55. The molecule has 1 saturated carbocycles. The summed E-state index contributed by atoms with van der Waals surface area (Å²) in [6.45, 7) is 0. The lowest BCUT2D eigenvalue weighted by Gasteiger charge is -2.31. The van der Waals surface area contributed by atoms with Gasteiger partial charge in [0.15, 0.2) is 5.78 Å². The van der Waals surface area contributed by atoms with Gasteiger partial charge in [0.25, 0.3) is 0 Å². The van der Waals surface area contributed by atoms with Gasteiger partial charge < -0.3 is 5.73 Å². The second-order valence-corrected chi connectivity index (χ2v) is 5.12. The van der Waals surface area contributed by atoms with Gasteiger partial charge >= 0.3 is 6.18 Å². The van der Waals surface area contributed by atoms with E-state index in [2.05, 4.69) is 0 Å². The number of hydrogen-bond donors (Lipinski definition) is 1. The third kappa shape index (κ3) is 2.97. The molecule has 1 aromatic carbocycles. The molecule has 5 heteroatoms. The molecule has 0 saturated heterocycles. The number of Topliss-reactive ketones (excluding diaryl/α,β-unsaturated/α-hetero) is 1. The topological polar surface area (TPSA) is 43.1 Å². The minimum Gasteiger partial charge on any atom is -0.319 e. The van der Waals surface area contributed by atoms with Crippen LogP contribution in [-0.2, 0) is 6.18 Å². The van der Waals surface area contributed by atoms with Gasteiger partial charge in [-0.15, -0.1) is 0 Å². The monoisotopic (exact) mass is 271 g/mol. The Balaban J connectivity index is 2.20. The highest BCUT2D eigenvalue weighted by Crippen LogP contribution is 2.32. The van der Waals surface area contributed by atoms with Crippen molar-refractivity contribution >= 4 is 5.78 Å². The largest absolute Gasteiger partial charge is 0.416 e. The van der Waals surface area contributed by atoms with E-state index >= 15 is 0 Å². The van der Waals surface area contributed by atoms with E-state index in [1.165, 1.54) is 12.1 Å². The first-order valence-electron chi connectivity index (χ1n) is 6.34. The van der Waals surface area contributed by atoms with E-state index in [-0.39, 0.29) is 11.3 Å². The van der Waals surface area contributed by atoms with Crippen molar-refractivity contribution in [1.82, 2.24) is 0 Å². The molecule has 1 aliphatic rings. The Hall–Kier alpha value is -1.36. The Morgan fingerprint density at radius 2 is 1.58 bits per heavy atom. The van der Waals surface area contributed by atoms with Gasteiger partial charge in [-0.2, -0.15) is 13.2 Å². The fourth-order valence-electron chi connectivity index (χ4n) is 2.51. The van der Waals surface area contributed by atoms with E-state index in [0.29, 0.717) is 12.8 Å². The lowest BCUT2D eigenvalue weighted by Crippen LogP contribution is -2.49. The van der Waals surface area contributed by atoms with Crippen LogP contribution in [0.5, 0.6) is 0 Å². The van der Waals surface area contributed by atoms with Crippen LogP contribution in [0.2, 0.25) is 0 Å². The van der Waals surface area contributed by atoms with Crippen molar-refractivity contribution in [2.24, 2.45) is 5.73 Å². The zero-order valence-corrected chi connectivity index (χ0v) is 10.5. The fraction of sp³-hybridized carbons (Fsp3) is 0.500. The summed E-state index contributed by atoms with van der Waals surface area (Å²) >= 11 is 0. The second kappa shape index (κ2) is 4.96. The number of carbonyl (C=O) groups is 1. The highest BCUT2D eigenvalue weighted by Gasteiger charge is 2.36. The molecular formula is C14H16F3NO. The normalized spacial score (nSPS) is 19.2. The fourth-order valence-corrected chi connectivity index (χ4v) is 2.51. The van der Waals surface area contributed by atoms with Crippen molar-refractivity contribution in [3.63, 3.8) is 0 Å². The average Bonchev–Trinajstić information content (AvgIpc) is 2.38. The van der Waals surface area contributed by atoms with Crippen LogP contribution in [0, 0.1) is 0 Å². The van der Waals surface area contributed by atoms with Crippen molar-refractivity contribution < 1.29 is 18.0 Å². The van der Waals surface area contributed by atoms with Crippen LogP contribution in [0.25, 0.3) is 0 Å². The number of halogens is 3. The van der Waals surface area contributed by atoms with E-state index in [1.807, 2.05) is 0 Å². The molecule has 0 aliphatic heterocycles. The van der Waals surface area contributed by atoms with Crippen LogP contribution >= 0.6 is 0 Å². The Bertz CT molecular complexity index is 459. The molecule has 19 heavy (non-hydrogen) atoms. The summed E-state index contributed by atoms with van der Waals surface area (Å²) < 4.78 is 37.3. The molecule has 0 bridgehead atoms. The standard InChI is InChI=1S/C14H16F3NO/c15-14(16,17)11-6-4-10(5-7-11)12(19)13(18)8-2-1-3-9-13/h4-7H,1-3,8-9,18H2. The van der Waals surface area contributed by atoms with Gasteiger partial charge in [0.05, 0.1) is 11.1 Å². The first-order valence-corrected chi connectivity index (χ1v) is 6.34. The molecule has 0 unspecified atom stereocenters. The first-order chi connectivity index (χ1) is 8.83. The molecule has 0 radical (unpaired) electrons. The van der Waals surface area contributed by atoms with Gasteiger partial charge in [-0.1, -0.05) is 31.4 Å². The summed E-state index contributed by atoms with van der Waals surface area (Å²) in [7, 11) is 0. The van der Waals surface area contributed by atoms with Crippen LogP contribution < -0.4 is 5.73 Å². The minimum atomic E-state index is -4.38. The maximum absolute atomic E-state index is 12.4. The second-order valence-electron chi connectivity index (χ2n) is 5.12. The Kier molecular flexibility index (Phi) is 3.67. The van der Waals surface area contributed by atoms with E-state index in [0.717, 1.165) is 31.4 Å². The van der Waals surface area contributed by atoms with Gasteiger partial charge in [-0.05, 0) is 25.0 Å². The summed E-state index contributed by atoms with van der Waals surface area (Å²) in [6, 6.07) is 4.29. The quantitative estimate of drug-likeness (QED) is 0.836. The summed E-state index contributed by atoms with van der Waals surface area (Å²) in [4.78, 5) is 12.3. The van der Waals surface area contributed by atoms with Crippen LogP contribution in [0.4, 0.5) is 13.2 Å². The summed E-state index contributed by atoms with van der Waals surface area (Å²) in [5, 5.41) is 0. The molecule has 2 rings (SSSR count). The molecule has 0 atom stereocenters. The molecule has 2 nitrogen and oxygen atoms in total. The van der Waals surface area contributed by atoms with Gasteiger partial charge in [0, 0.05) is 5.56 Å². The Labute approximate surface area is 109 Å². The van der Waals surface area contributed by atoms with E-state index in [1.54, 1.807) is 0 Å². The molecule has 1 aliphatic carbocycles. The Morgan fingerprint density at radius 3 is 2.05 bits per heavy atom. The minimum absolute atomic E-state index is 0.249. The van der Waals surface area contributed by atoms with Crippen LogP contribution in [0.15, 0.2) is 24.3 Å². The number of carbonyl (C=O) groups excluding carboxylic acids is 1. The van der Waals surface area contributed by atoms with E-state index in [9.17, 15) is 18.0 Å². The summed E-state index contributed by atoms with van der Waals surface area (Å²) in [5.74, 6) is -0.249. The SMILES string of the molecule is NC1(C(=O)c2ccc(C(F)(F)F)cc2)CCCCC1. The molecular weight excluding hydrogens is 255 g/mol. The predicted molar refractivity (Wildman–Crippen MR) is 65.8 cm³/mol. The first kappa shape index (κ1) is 14.1. The number of rotatable bonds is 2. The van der Waals surface area contributed by atoms with Crippen molar-refractivity contribution in [2.45, 2.75) is 43.8 Å². The molecule has 0 aromatic heterocycles. The third-order valence-corrected chi connectivity index (χ3v) is 3.67. The molecule has 0 heterocycles. The number of nitrogens with two attached hydrogens (primary N) is 1. The van der Waals surface area contributed by atoms with Gasteiger partial charge in [-0.25, -0.2) is 0 Å². The Morgan fingerprint density at radius 1 is 1.05 bits per heavy atom. The maximum atomic E-state index is 12.4. The lowest BCUT2D eigenvalue weighted by atomic mass is 9.77. The smallest absolute Gasteiger partial charge is 0.319 e. The van der Waals surface area contributed by atoms with Gasteiger partial charge in [0.2, 0.25) is 0 Å². The molecule has 0 amide bonds. The number of hydrogen-bond acceptors (Lipinski definition) is 2. The van der Waals surface area contributed by atoms with Crippen molar-refractivity contribution in [3.05, 3.63) is 35.4 Å². The molecule has 2 N–H and O–H groups in total. The third-order valence-electron chi connectivity index (χ3n) is 3.67. The summed E-state index contributed by atoms with van der Waals surface area (Å²) in [6.07, 6.45) is -0.336. The molecule has 104 valence electrons. The van der Waals surface area contributed by atoms with E-state index < -0.39 is 17.3 Å². The van der Waals surface area contributed by atoms with Crippen LogP contribution in [0.1, 0.15) is 48.0 Å². The highest BCUT2D eigenvalue weighted by atomic mass is 19.4. The van der Waals surface area contributed by atoms with Gasteiger partial charge in [0.1, 0.15) is 0 Å². The zero-order chi connectivity index (χ0) is 14.1. The van der Waals surface area contributed by atoms with Crippen LogP contribution in [-0.4, -0.2) is 11.3 Å². The molecule has 1 aromatic rings. The average molecular weight is 271 g/mol. The van der Waals surface area contributed by atoms with Crippen molar-refractivity contribution in [2.75, 3.05) is 0 Å². The maximum Gasteiger partial charge on any atom is 0.416 e. The van der Waals surface area contributed by atoms with Gasteiger partial charge in [-0.3, -0.25) is 4.79 Å². The molecule has 0 spiro atoms. The highest BCUT2D eigenvalue weighted by molar-refractivity contribution is 6.03. The summed E-state index contributed by atoms with van der Waals surface area (Å²) in [5.41, 5.74) is 4.69. The number of benzene rings is 1. The molecule has 1 fully saturated rings. The van der Waals surface area contributed by atoms with E-state index in [4.69, 9.17) is 5.73 Å². The number of ketones is 1. The zero-order valence-electron chi connectivity index (χ0n) is 10.5.